The fourth-order valence-corrected chi connectivity index (χ4v) is 3.92. The predicted molar refractivity (Wildman–Crippen MR) is 94.7 cm³/mol. The summed E-state index contributed by atoms with van der Waals surface area (Å²) in [6.07, 6.45) is 3.08. The second kappa shape index (κ2) is 6.35. The third-order valence-electron chi connectivity index (χ3n) is 5.13. The lowest BCUT2D eigenvalue weighted by Crippen LogP contribution is -2.70. The number of aromatic nitrogens is 2. The molecule has 2 atom stereocenters. The summed E-state index contributed by atoms with van der Waals surface area (Å²) >= 11 is 0. The number of ether oxygens (including phenoxy) is 1. The maximum absolute atomic E-state index is 12.8. The molecule has 6 heteroatoms. The van der Waals surface area contributed by atoms with Crippen molar-refractivity contribution in [3.63, 3.8) is 0 Å². The zero-order chi connectivity index (χ0) is 17.4. The number of aryl methyl sites for hydroxylation is 1. The molecule has 2 unspecified atom stereocenters. The molecular weight excluding hydrogens is 316 g/mol. The molecule has 3 aliphatic rings. The number of carbonyl (C=O) groups excluding carboxylic acids is 1. The highest BCUT2D eigenvalue weighted by Crippen LogP contribution is 2.35. The van der Waals surface area contributed by atoms with Crippen LogP contribution in [-0.2, 0) is 11.2 Å². The molecule has 2 aromatic rings. The fraction of sp³-hybridized carbons (Fsp3) is 0.421. The van der Waals surface area contributed by atoms with E-state index in [1.807, 2.05) is 37.3 Å². The Morgan fingerprint density at radius 3 is 2.72 bits per heavy atom. The van der Waals surface area contributed by atoms with Crippen LogP contribution < -0.4 is 9.64 Å². The number of methoxy groups -OCH3 is 1. The van der Waals surface area contributed by atoms with Crippen LogP contribution in [0.15, 0.2) is 36.7 Å². The number of fused-ring (bicyclic) bond motifs is 2. The number of benzene rings is 1. The second-order valence-electron chi connectivity index (χ2n) is 6.76. The third-order valence-corrected chi connectivity index (χ3v) is 5.13. The van der Waals surface area contributed by atoms with E-state index in [2.05, 4.69) is 19.8 Å². The Morgan fingerprint density at radius 1 is 1.24 bits per heavy atom. The number of anilines is 1. The Morgan fingerprint density at radius 2 is 2.00 bits per heavy atom. The molecule has 130 valence electrons. The van der Waals surface area contributed by atoms with Crippen LogP contribution in [0.2, 0.25) is 0 Å². The molecule has 1 aromatic heterocycles. The van der Waals surface area contributed by atoms with Crippen molar-refractivity contribution in [3.8, 4) is 5.75 Å². The van der Waals surface area contributed by atoms with Gasteiger partial charge < -0.3 is 14.5 Å². The molecule has 0 N–H and O–H groups in total. The molecule has 6 nitrogen and oxygen atoms in total. The second-order valence-corrected chi connectivity index (χ2v) is 6.76. The summed E-state index contributed by atoms with van der Waals surface area (Å²) in [7, 11) is 1.64. The molecule has 1 aromatic carbocycles. The molecular formula is C19H22N4O2. The highest BCUT2D eigenvalue weighted by atomic mass is 16.5. The quantitative estimate of drug-likeness (QED) is 0.851. The summed E-state index contributed by atoms with van der Waals surface area (Å²) in [6.45, 7) is 3.65. The molecule has 5 rings (SSSR count). The summed E-state index contributed by atoms with van der Waals surface area (Å²) in [4.78, 5) is 25.6. The van der Waals surface area contributed by atoms with Gasteiger partial charge in [0.1, 0.15) is 17.9 Å². The largest absolute Gasteiger partial charge is 0.496 e. The van der Waals surface area contributed by atoms with Crippen molar-refractivity contribution in [1.29, 1.82) is 0 Å². The zero-order valence-electron chi connectivity index (χ0n) is 14.6. The first-order chi connectivity index (χ1) is 12.2. The lowest BCUT2D eigenvalue weighted by atomic mass is 9.86. The third kappa shape index (κ3) is 2.92. The number of nitrogens with zero attached hydrogens (tertiary/aromatic N) is 4. The molecule has 1 amide bonds. The number of para-hydroxylation sites is 1. The Balaban J connectivity index is 1.43. The molecule has 0 radical (unpaired) electrons. The van der Waals surface area contributed by atoms with Gasteiger partial charge in [0.25, 0.3) is 0 Å². The number of rotatable bonds is 4. The molecule has 0 saturated carbocycles. The van der Waals surface area contributed by atoms with Crippen LogP contribution in [0.5, 0.6) is 5.75 Å². The molecule has 25 heavy (non-hydrogen) atoms. The van der Waals surface area contributed by atoms with Crippen molar-refractivity contribution < 1.29 is 9.53 Å². The molecule has 3 saturated heterocycles. The maximum atomic E-state index is 12.8. The average molecular weight is 338 g/mol. The summed E-state index contributed by atoms with van der Waals surface area (Å²) in [5.41, 5.74) is 1.91. The first-order valence-corrected chi connectivity index (χ1v) is 8.62. The van der Waals surface area contributed by atoms with Gasteiger partial charge in [-0.05, 0) is 19.4 Å². The van der Waals surface area contributed by atoms with Crippen molar-refractivity contribution in [3.05, 3.63) is 47.9 Å². The predicted octanol–water partition coefficient (Wildman–Crippen LogP) is 1.83. The average Bonchev–Trinajstić information content (AvgIpc) is 2.62. The Labute approximate surface area is 147 Å². The first-order valence-electron chi connectivity index (χ1n) is 8.62. The molecule has 0 spiro atoms. The molecule has 3 fully saturated rings. The minimum absolute atomic E-state index is 0.185. The van der Waals surface area contributed by atoms with Crippen molar-refractivity contribution in [2.24, 2.45) is 0 Å². The smallest absolute Gasteiger partial charge is 0.227 e. The van der Waals surface area contributed by atoms with Crippen LogP contribution in [0.25, 0.3) is 0 Å². The molecule has 0 aliphatic carbocycles. The summed E-state index contributed by atoms with van der Waals surface area (Å²) in [6, 6.07) is 10.3. The van der Waals surface area contributed by atoms with E-state index in [-0.39, 0.29) is 18.0 Å². The lowest BCUT2D eigenvalue weighted by molar-refractivity contribution is -0.145. The van der Waals surface area contributed by atoms with E-state index in [4.69, 9.17) is 4.74 Å². The van der Waals surface area contributed by atoms with Gasteiger partial charge in [0.15, 0.2) is 0 Å². The molecule has 3 aliphatic heterocycles. The van der Waals surface area contributed by atoms with Crippen LogP contribution in [0.4, 0.5) is 5.82 Å². The van der Waals surface area contributed by atoms with E-state index >= 15 is 0 Å². The van der Waals surface area contributed by atoms with Crippen molar-refractivity contribution in [2.75, 3.05) is 25.1 Å². The molecule has 2 bridgehead atoms. The standard InChI is InChI=1S/C19H22N4O2/c1-13-7-18(21-12-20-13)22-10-15-9-16(11-22)23(15)19(24)8-14-5-3-4-6-17(14)25-2/h3-7,12,15-16H,8-11H2,1-2H3. The highest BCUT2D eigenvalue weighted by Gasteiger charge is 2.47. The van der Waals surface area contributed by atoms with Gasteiger partial charge in [0.05, 0.1) is 25.6 Å². The molecule has 4 heterocycles. The topological polar surface area (TPSA) is 58.6 Å². The van der Waals surface area contributed by atoms with Crippen LogP contribution in [0, 0.1) is 6.92 Å². The van der Waals surface area contributed by atoms with Crippen molar-refractivity contribution >= 4 is 11.7 Å². The number of amides is 1. The maximum Gasteiger partial charge on any atom is 0.227 e. The van der Waals surface area contributed by atoms with E-state index in [9.17, 15) is 4.79 Å². The fourth-order valence-electron chi connectivity index (χ4n) is 3.92. The number of hydrogen-bond acceptors (Lipinski definition) is 5. The first kappa shape index (κ1) is 15.9. The van der Waals surface area contributed by atoms with Gasteiger partial charge in [-0.25, -0.2) is 9.97 Å². The summed E-state index contributed by atoms with van der Waals surface area (Å²) < 4.78 is 5.36. The highest BCUT2D eigenvalue weighted by molar-refractivity contribution is 5.81. The Bertz CT molecular complexity index is 782. The van der Waals surface area contributed by atoms with Gasteiger partial charge in [-0.1, -0.05) is 18.2 Å². The number of hydrogen-bond donors (Lipinski definition) is 0. The van der Waals surface area contributed by atoms with Crippen molar-refractivity contribution in [1.82, 2.24) is 14.9 Å². The van der Waals surface area contributed by atoms with Crippen LogP contribution in [0.3, 0.4) is 0 Å². The van der Waals surface area contributed by atoms with Gasteiger partial charge in [-0.3, -0.25) is 4.79 Å². The summed E-state index contributed by atoms with van der Waals surface area (Å²) in [5.74, 6) is 1.92. The monoisotopic (exact) mass is 338 g/mol. The minimum Gasteiger partial charge on any atom is -0.496 e. The number of carbonyl (C=O) groups is 1. The van der Waals surface area contributed by atoms with Gasteiger partial charge >= 0.3 is 0 Å². The van der Waals surface area contributed by atoms with Crippen LogP contribution >= 0.6 is 0 Å². The number of piperazine rings is 1. The minimum atomic E-state index is 0.185. The van der Waals surface area contributed by atoms with Gasteiger partial charge in [0.2, 0.25) is 5.91 Å². The van der Waals surface area contributed by atoms with Crippen LogP contribution in [0.1, 0.15) is 17.7 Å². The van der Waals surface area contributed by atoms with E-state index in [0.717, 1.165) is 42.3 Å². The zero-order valence-corrected chi connectivity index (χ0v) is 14.6. The Kier molecular flexibility index (Phi) is 4.03. The van der Waals surface area contributed by atoms with E-state index in [0.29, 0.717) is 6.42 Å². The van der Waals surface area contributed by atoms with E-state index in [1.165, 1.54) is 0 Å². The normalized spacial score (nSPS) is 21.7. The van der Waals surface area contributed by atoms with Crippen molar-refractivity contribution in [2.45, 2.75) is 31.8 Å². The van der Waals surface area contributed by atoms with Crippen LogP contribution in [-0.4, -0.2) is 53.1 Å². The van der Waals surface area contributed by atoms with E-state index in [1.54, 1.807) is 13.4 Å². The van der Waals surface area contributed by atoms with Gasteiger partial charge in [-0.2, -0.15) is 0 Å². The van der Waals surface area contributed by atoms with E-state index < -0.39 is 0 Å². The summed E-state index contributed by atoms with van der Waals surface area (Å²) in [5, 5.41) is 0. The Hall–Kier alpha value is -2.63. The SMILES string of the molecule is COc1ccccc1CC(=O)N1C2CC1CN(c1cc(C)ncn1)C2. The number of piperidine rings is 1. The van der Waals surface area contributed by atoms with Gasteiger partial charge in [-0.15, -0.1) is 0 Å². The van der Waals surface area contributed by atoms with Gasteiger partial charge in [0, 0.05) is 30.4 Å². The lowest BCUT2D eigenvalue weighted by Gasteiger charge is -2.56.